The number of amides is 2. The molecule has 0 radical (unpaired) electrons. The summed E-state index contributed by atoms with van der Waals surface area (Å²) in [4.78, 5) is 13.5. The first kappa shape index (κ1) is 24.2. The van der Waals surface area contributed by atoms with E-state index in [1.54, 1.807) is 0 Å². The van der Waals surface area contributed by atoms with Crippen molar-refractivity contribution in [1.82, 2.24) is 8.61 Å². The molecule has 1 aliphatic rings. The molecule has 182 valence electrons. The summed E-state index contributed by atoms with van der Waals surface area (Å²) in [5, 5.41) is 0. The Morgan fingerprint density at radius 2 is 0.861 bits per heavy atom. The molecule has 0 bridgehead atoms. The van der Waals surface area contributed by atoms with Gasteiger partial charge >= 0.3 is 6.03 Å². The van der Waals surface area contributed by atoms with Crippen molar-refractivity contribution in [3.05, 3.63) is 132 Å². The van der Waals surface area contributed by atoms with E-state index in [2.05, 4.69) is 57.1 Å². The molecule has 0 saturated carbocycles. The minimum absolute atomic E-state index is 0.00739. The van der Waals surface area contributed by atoms with Crippen molar-refractivity contribution in [3.63, 3.8) is 0 Å². The molecule has 5 rings (SSSR count). The van der Waals surface area contributed by atoms with Crippen LogP contribution in [0.25, 0.3) is 0 Å². The Balaban J connectivity index is 1.30. The maximum Gasteiger partial charge on any atom is 0.342 e. The van der Waals surface area contributed by atoms with Crippen LogP contribution in [-0.4, -0.2) is 27.7 Å². The van der Waals surface area contributed by atoms with Crippen LogP contribution in [-0.2, 0) is 13.1 Å². The van der Waals surface area contributed by atoms with Gasteiger partial charge in [0.25, 0.3) is 0 Å². The lowest BCUT2D eigenvalue weighted by molar-refractivity contribution is 0.228. The molecule has 5 nitrogen and oxygen atoms in total. The molecule has 4 aromatic rings. The number of carbonyl (C=O) groups is 1. The van der Waals surface area contributed by atoms with Crippen LogP contribution in [0.2, 0.25) is 0 Å². The maximum absolute atomic E-state index is 13.5. The molecule has 0 aliphatic carbocycles. The van der Waals surface area contributed by atoms with Gasteiger partial charge < -0.3 is 0 Å². The maximum atomic E-state index is 13.5. The van der Waals surface area contributed by atoms with Crippen LogP contribution in [0.1, 0.15) is 11.1 Å². The largest absolute Gasteiger partial charge is 0.342 e. The highest BCUT2D eigenvalue weighted by molar-refractivity contribution is 8.00. The summed E-state index contributed by atoms with van der Waals surface area (Å²) in [6, 6.07) is 41.2. The van der Waals surface area contributed by atoms with Gasteiger partial charge in [-0.3, -0.25) is 8.61 Å². The third kappa shape index (κ3) is 6.17. The predicted molar refractivity (Wildman–Crippen MR) is 152 cm³/mol. The standard InChI is InChI=1S/C29H28N4OS2/c34-29-30(35-32(27-17-9-3-10-18-27)23-25-13-5-1-6-14-25)21-22-31(29)36-33(28-19-11-4-12-20-28)24-26-15-7-2-8-16-26/h1-20H,21-24H2. The molecule has 0 N–H and O–H groups in total. The van der Waals surface area contributed by atoms with Crippen LogP contribution >= 0.6 is 24.3 Å². The Bertz CT molecular complexity index is 1130. The van der Waals surface area contributed by atoms with Gasteiger partial charge in [0.2, 0.25) is 0 Å². The van der Waals surface area contributed by atoms with E-state index >= 15 is 0 Å². The van der Waals surface area contributed by atoms with Gasteiger partial charge in [-0.05, 0) is 35.4 Å². The quantitative estimate of drug-likeness (QED) is 0.209. The summed E-state index contributed by atoms with van der Waals surface area (Å²) in [6.07, 6.45) is 0. The molecule has 4 aromatic carbocycles. The molecule has 2 amide bonds. The smallest absolute Gasteiger partial charge is 0.294 e. The molecule has 1 fully saturated rings. The zero-order valence-electron chi connectivity index (χ0n) is 19.9. The van der Waals surface area contributed by atoms with Crippen LogP contribution in [0.15, 0.2) is 121 Å². The first-order chi connectivity index (χ1) is 17.8. The molecule has 0 aromatic heterocycles. The fourth-order valence-electron chi connectivity index (χ4n) is 3.91. The van der Waals surface area contributed by atoms with E-state index in [9.17, 15) is 4.79 Å². The van der Waals surface area contributed by atoms with Crippen molar-refractivity contribution >= 4 is 41.7 Å². The van der Waals surface area contributed by atoms with Crippen LogP contribution in [0.4, 0.5) is 16.2 Å². The zero-order valence-corrected chi connectivity index (χ0v) is 21.5. The lowest BCUT2D eigenvalue weighted by Crippen LogP contribution is -2.31. The van der Waals surface area contributed by atoms with E-state index in [-0.39, 0.29) is 6.03 Å². The monoisotopic (exact) mass is 512 g/mol. The van der Waals surface area contributed by atoms with Crippen molar-refractivity contribution in [2.45, 2.75) is 13.1 Å². The number of nitrogens with zero attached hydrogens (tertiary/aromatic N) is 4. The normalized spacial score (nSPS) is 13.2. The van der Waals surface area contributed by atoms with Crippen LogP contribution < -0.4 is 8.61 Å². The Morgan fingerprint density at radius 3 is 1.22 bits per heavy atom. The first-order valence-electron chi connectivity index (χ1n) is 11.9. The second-order valence-electron chi connectivity index (χ2n) is 8.37. The second kappa shape index (κ2) is 11.9. The van der Waals surface area contributed by atoms with E-state index in [4.69, 9.17) is 0 Å². The minimum atomic E-state index is 0.00739. The lowest BCUT2D eigenvalue weighted by atomic mass is 10.2. The van der Waals surface area contributed by atoms with Gasteiger partial charge in [-0.15, -0.1) is 0 Å². The van der Waals surface area contributed by atoms with Gasteiger partial charge in [0.1, 0.15) is 0 Å². The predicted octanol–water partition coefficient (Wildman–Crippen LogP) is 7.26. The number of hydrogen-bond acceptors (Lipinski definition) is 5. The number of rotatable bonds is 10. The van der Waals surface area contributed by atoms with E-state index < -0.39 is 0 Å². The minimum Gasteiger partial charge on any atom is -0.294 e. The van der Waals surface area contributed by atoms with E-state index in [1.807, 2.05) is 81.4 Å². The van der Waals surface area contributed by atoms with Crippen molar-refractivity contribution in [2.75, 3.05) is 21.7 Å². The summed E-state index contributed by atoms with van der Waals surface area (Å²) in [6.45, 7) is 2.72. The van der Waals surface area contributed by atoms with Gasteiger partial charge in [-0.2, -0.15) is 0 Å². The SMILES string of the molecule is O=C1N(SN(Cc2ccccc2)c2ccccc2)CCN1SN(Cc1ccccc1)c1ccccc1. The third-order valence-electron chi connectivity index (χ3n) is 5.75. The molecular formula is C29H28N4OS2. The fraction of sp³-hybridized carbons (Fsp3) is 0.138. The van der Waals surface area contributed by atoms with Gasteiger partial charge in [0, 0.05) is 11.4 Å². The molecule has 0 spiro atoms. The van der Waals surface area contributed by atoms with Crippen LogP contribution in [0.3, 0.4) is 0 Å². The van der Waals surface area contributed by atoms with Crippen LogP contribution in [0, 0.1) is 0 Å². The highest BCUT2D eigenvalue weighted by Gasteiger charge is 2.33. The fourth-order valence-corrected chi connectivity index (χ4v) is 5.94. The number of urea groups is 1. The molecule has 0 atom stereocenters. The Labute approximate surface area is 221 Å². The number of para-hydroxylation sites is 2. The Kier molecular flexibility index (Phi) is 8.00. The van der Waals surface area contributed by atoms with Gasteiger partial charge in [0.05, 0.1) is 50.4 Å². The summed E-state index contributed by atoms with van der Waals surface area (Å²) in [5.74, 6) is 0. The molecule has 7 heteroatoms. The van der Waals surface area contributed by atoms with Crippen molar-refractivity contribution in [1.29, 1.82) is 0 Å². The van der Waals surface area contributed by atoms with E-state index in [0.29, 0.717) is 26.2 Å². The zero-order chi connectivity index (χ0) is 24.6. The molecule has 0 unspecified atom stereocenters. The number of benzene rings is 4. The van der Waals surface area contributed by atoms with E-state index in [0.717, 1.165) is 11.4 Å². The van der Waals surface area contributed by atoms with E-state index in [1.165, 1.54) is 35.4 Å². The molecular weight excluding hydrogens is 484 g/mol. The Hall–Kier alpha value is -3.55. The molecule has 36 heavy (non-hydrogen) atoms. The average Bonchev–Trinajstić information content (AvgIpc) is 3.28. The molecule has 1 aliphatic heterocycles. The van der Waals surface area contributed by atoms with Gasteiger partial charge in [-0.1, -0.05) is 97.1 Å². The Morgan fingerprint density at radius 1 is 0.528 bits per heavy atom. The topological polar surface area (TPSA) is 30.0 Å². The van der Waals surface area contributed by atoms with Crippen molar-refractivity contribution in [3.8, 4) is 0 Å². The molecule has 1 saturated heterocycles. The number of anilines is 2. The van der Waals surface area contributed by atoms with Gasteiger partial charge in [-0.25, -0.2) is 13.4 Å². The average molecular weight is 513 g/mol. The highest BCUT2D eigenvalue weighted by atomic mass is 32.2. The highest BCUT2D eigenvalue weighted by Crippen LogP contribution is 2.35. The summed E-state index contributed by atoms with van der Waals surface area (Å²) in [7, 11) is 0. The number of hydrogen-bond donors (Lipinski definition) is 0. The van der Waals surface area contributed by atoms with Crippen molar-refractivity contribution < 1.29 is 4.79 Å². The summed E-state index contributed by atoms with van der Waals surface area (Å²) >= 11 is 2.97. The first-order valence-corrected chi connectivity index (χ1v) is 13.4. The van der Waals surface area contributed by atoms with Crippen molar-refractivity contribution in [2.24, 2.45) is 0 Å². The third-order valence-corrected chi connectivity index (χ3v) is 7.90. The second-order valence-corrected chi connectivity index (χ2v) is 10.5. The summed E-state index contributed by atoms with van der Waals surface area (Å²) in [5.41, 5.74) is 4.54. The van der Waals surface area contributed by atoms with Gasteiger partial charge in [0.15, 0.2) is 0 Å². The molecule has 1 heterocycles. The van der Waals surface area contributed by atoms with Crippen LogP contribution in [0.5, 0.6) is 0 Å². The number of carbonyl (C=O) groups excluding carboxylic acids is 1. The summed E-state index contributed by atoms with van der Waals surface area (Å²) < 4.78 is 8.07. The lowest BCUT2D eigenvalue weighted by Gasteiger charge is -2.29.